The van der Waals surface area contributed by atoms with Crippen LogP contribution in [0.3, 0.4) is 0 Å². The van der Waals surface area contributed by atoms with E-state index < -0.39 is 0 Å². The number of pyridine rings is 1. The van der Waals surface area contributed by atoms with Crippen molar-refractivity contribution in [3.63, 3.8) is 0 Å². The first-order chi connectivity index (χ1) is 8.18. The summed E-state index contributed by atoms with van der Waals surface area (Å²) in [5, 5.41) is 5.78. The highest BCUT2D eigenvalue weighted by molar-refractivity contribution is 6.21. The average Bonchev–Trinajstić information content (AvgIpc) is 2.35. The van der Waals surface area contributed by atoms with Crippen LogP contribution < -0.4 is 5.32 Å². The lowest BCUT2D eigenvalue weighted by atomic mass is 10.1. The van der Waals surface area contributed by atoms with Crippen molar-refractivity contribution in [2.75, 3.05) is 11.9 Å². The Hall–Kier alpha value is -1.28. The number of nitrogens with one attached hydrogen (secondary N) is 1. The van der Waals surface area contributed by atoms with Gasteiger partial charge in [-0.25, -0.2) is 4.98 Å². The SMILES string of the molecule is CC(C)C(Cl)CNc1nccc2ccccc12. The van der Waals surface area contributed by atoms with Gasteiger partial charge in [-0.15, -0.1) is 11.6 Å². The third-order valence-electron chi connectivity index (χ3n) is 2.86. The van der Waals surface area contributed by atoms with Crippen molar-refractivity contribution in [1.82, 2.24) is 4.98 Å². The van der Waals surface area contributed by atoms with Crippen LogP contribution in [0, 0.1) is 5.92 Å². The molecule has 3 heteroatoms. The molecule has 17 heavy (non-hydrogen) atoms. The lowest BCUT2D eigenvalue weighted by Gasteiger charge is -2.15. The van der Waals surface area contributed by atoms with Crippen molar-refractivity contribution < 1.29 is 0 Å². The maximum Gasteiger partial charge on any atom is 0.133 e. The first-order valence-electron chi connectivity index (χ1n) is 5.90. The molecule has 0 aliphatic carbocycles. The number of halogens is 1. The first kappa shape index (κ1) is 12.2. The van der Waals surface area contributed by atoms with Crippen LogP contribution in [-0.4, -0.2) is 16.9 Å². The molecule has 1 heterocycles. The number of fused-ring (bicyclic) bond motifs is 1. The van der Waals surface area contributed by atoms with Gasteiger partial charge in [-0.05, 0) is 17.4 Å². The zero-order valence-corrected chi connectivity index (χ0v) is 10.9. The average molecular weight is 249 g/mol. The molecule has 0 saturated carbocycles. The quantitative estimate of drug-likeness (QED) is 0.830. The summed E-state index contributed by atoms with van der Waals surface area (Å²) in [5.41, 5.74) is 0. The van der Waals surface area contributed by atoms with E-state index in [1.165, 1.54) is 5.39 Å². The standard InChI is InChI=1S/C14H17ClN2/c1-10(2)13(15)9-17-14-12-6-4-3-5-11(12)7-8-16-14/h3-8,10,13H,9H2,1-2H3,(H,16,17). The normalized spacial score (nSPS) is 12.9. The third kappa shape index (κ3) is 2.89. The van der Waals surface area contributed by atoms with E-state index >= 15 is 0 Å². The number of nitrogens with zero attached hydrogens (tertiary/aromatic N) is 1. The van der Waals surface area contributed by atoms with E-state index in [2.05, 4.69) is 36.3 Å². The van der Waals surface area contributed by atoms with E-state index in [9.17, 15) is 0 Å². The molecule has 2 aromatic rings. The molecule has 0 spiro atoms. The minimum atomic E-state index is 0.121. The summed E-state index contributed by atoms with van der Waals surface area (Å²) in [6, 6.07) is 10.2. The molecule has 2 nitrogen and oxygen atoms in total. The molecule has 90 valence electrons. The van der Waals surface area contributed by atoms with Gasteiger partial charge < -0.3 is 5.32 Å². The Morgan fingerprint density at radius 1 is 1.24 bits per heavy atom. The van der Waals surface area contributed by atoms with Crippen LogP contribution in [0.2, 0.25) is 0 Å². The fourth-order valence-corrected chi connectivity index (χ4v) is 1.77. The summed E-state index contributed by atoms with van der Waals surface area (Å²) in [5.74, 6) is 1.37. The summed E-state index contributed by atoms with van der Waals surface area (Å²) >= 11 is 6.23. The molecule has 0 aliphatic heterocycles. The zero-order valence-electron chi connectivity index (χ0n) is 10.2. The van der Waals surface area contributed by atoms with Gasteiger partial charge >= 0.3 is 0 Å². The molecule has 1 unspecified atom stereocenters. The van der Waals surface area contributed by atoms with Crippen molar-refractivity contribution in [2.24, 2.45) is 5.92 Å². The van der Waals surface area contributed by atoms with E-state index in [1.54, 1.807) is 0 Å². The van der Waals surface area contributed by atoms with Gasteiger partial charge in [0.1, 0.15) is 5.82 Å². The van der Waals surface area contributed by atoms with E-state index in [0.29, 0.717) is 5.92 Å². The Labute approximate surface area is 107 Å². The summed E-state index contributed by atoms with van der Waals surface area (Å²) in [7, 11) is 0. The molecular formula is C14H17ClN2. The van der Waals surface area contributed by atoms with Gasteiger partial charge in [-0.3, -0.25) is 0 Å². The molecule has 2 rings (SSSR count). The Bertz CT molecular complexity index is 491. The monoisotopic (exact) mass is 248 g/mol. The van der Waals surface area contributed by atoms with Gasteiger partial charge in [-0.2, -0.15) is 0 Å². The van der Waals surface area contributed by atoms with Crippen LogP contribution in [0.25, 0.3) is 10.8 Å². The van der Waals surface area contributed by atoms with Gasteiger partial charge in [0.25, 0.3) is 0 Å². The highest BCUT2D eigenvalue weighted by atomic mass is 35.5. The van der Waals surface area contributed by atoms with Gasteiger partial charge in [0.05, 0.1) is 5.38 Å². The van der Waals surface area contributed by atoms with Crippen LogP contribution >= 0.6 is 11.6 Å². The van der Waals surface area contributed by atoms with Gasteiger partial charge in [0, 0.05) is 18.1 Å². The molecule has 1 aromatic heterocycles. The topological polar surface area (TPSA) is 24.9 Å². The second-order valence-corrected chi connectivity index (χ2v) is 5.08. The molecular weight excluding hydrogens is 232 g/mol. The lowest BCUT2D eigenvalue weighted by molar-refractivity contribution is 0.616. The number of hydrogen-bond donors (Lipinski definition) is 1. The van der Waals surface area contributed by atoms with Gasteiger partial charge in [0.2, 0.25) is 0 Å². The molecule has 0 saturated heterocycles. The second-order valence-electron chi connectivity index (χ2n) is 4.52. The maximum absolute atomic E-state index is 6.23. The van der Waals surface area contributed by atoms with Crippen molar-refractivity contribution in [3.8, 4) is 0 Å². The predicted molar refractivity (Wildman–Crippen MR) is 74.7 cm³/mol. The zero-order chi connectivity index (χ0) is 12.3. The highest BCUT2D eigenvalue weighted by Gasteiger charge is 2.10. The smallest absolute Gasteiger partial charge is 0.133 e. The molecule has 1 aromatic carbocycles. The summed E-state index contributed by atoms with van der Waals surface area (Å²) in [6.07, 6.45) is 1.82. The van der Waals surface area contributed by atoms with Crippen LogP contribution in [0.5, 0.6) is 0 Å². The Morgan fingerprint density at radius 3 is 2.76 bits per heavy atom. The number of hydrogen-bond acceptors (Lipinski definition) is 2. The Balaban J connectivity index is 2.19. The van der Waals surface area contributed by atoms with Crippen molar-refractivity contribution in [3.05, 3.63) is 36.5 Å². The van der Waals surface area contributed by atoms with Crippen molar-refractivity contribution >= 4 is 28.2 Å². The predicted octanol–water partition coefficient (Wildman–Crippen LogP) is 3.91. The van der Waals surface area contributed by atoms with Crippen molar-refractivity contribution in [2.45, 2.75) is 19.2 Å². The first-order valence-corrected chi connectivity index (χ1v) is 6.34. The largest absolute Gasteiger partial charge is 0.368 e. The minimum Gasteiger partial charge on any atom is -0.368 e. The number of rotatable bonds is 4. The second kappa shape index (κ2) is 5.37. The maximum atomic E-state index is 6.23. The highest BCUT2D eigenvalue weighted by Crippen LogP contribution is 2.21. The van der Waals surface area contributed by atoms with E-state index in [4.69, 9.17) is 11.6 Å². The van der Waals surface area contributed by atoms with E-state index in [1.807, 2.05) is 24.4 Å². The third-order valence-corrected chi connectivity index (χ3v) is 3.52. The fraction of sp³-hybridized carbons (Fsp3) is 0.357. The van der Waals surface area contributed by atoms with Crippen LogP contribution in [0.4, 0.5) is 5.82 Å². The molecule has 1 N–H and O–H groups in total. The summed E-state index contributed by atoms with van der Waals surface area (Å²) in [6.45, 7) is 4.98. The Morgan fingerprint density at radius 2 is 2.00 bits per heavy atom. The summed E-state index contributed by atoms with van der Waals surface area (Å²) in [4.78, 5) is 4.37. The van der Waals surface area contributed by atoms with Gasteiger partial charge in [-0.1, -0.05) is 38.1 Å². The molecule has 1 atom stereocenters. The van der Waals surface area contributed by atoms with E-state index in [0.717, 1.165) is 17.7 Å². The Kier molecular flexibility index (Phi) is 3.85. The number of benzene rings is 1. The molecule has 0 aliphatic rings. The molecule has 0 amide bonds. The van der Waals surface area contributed by atoms with Crippen LogP contribution in [0.1, 0.15) is 13.8 Å². The molecule has 0 fully saturated rings. The van der Waals surface area contributed by atoms with Crippen LogP contribution in [-0.2, 0) is 0 Å². The number of anilines is 1. The van der Waals surface area contributed by atoms with Gasteiger partial charge in [0.15, 0.2) is 0 Å². The molecule has 0 radical (unpaired) electrons. The minimum absolute atomic E-state index is 0.121. The number of alkyl halides is 1. The fourth-order valence-electron chi connectivity index (χ4n) is 1.69. The number of aromatic nitrogens is 1. The van der Waals surface area contributed by atoms with E-state index in [-0.39, 0.29) is 5.38 Å². The lowest BCUT2D eigenvalue weighted by Crippen LogP contribution is -2.20. The summed E-state index contributed by atoms with van der Waals surface area (Å²) < 4.78 is 0. The van der Waals surface area contributed by atoms with Crippen molar-refractivity contribution in [1.29, 1.82) is 0 Å². The molecule has 0 bridgehead atoms. The van der Waals surface area contributed by atoms with Crippen LogP contribution in [0.15, 0.2) is 36.5 Å².